The summed E-state index contributed by atoms with van der Waals surface area (Å²) in [6.07, 6.45) is 0.536. The van der Waals surface area contributed by atoms with Crippen LogP contribution in [0.2, 0.25) is 5.02 Å². The van der Waals surface area contributed by atoms with E-state index in [-0.39, 0.29) is 21.6 Å². The van der Waals surface area contributed by atoms with Crippen LogP contribution >= 0.6 is 11.6 Å². The van der Waals surface area contributed by atoms with Gasteiger partial charge in [-0.1, -0.05) is 41.9 Å². The molecule has 1 aliphatic heterocycles. The molecular formula is C27H29ClN2O5S. The largest absolute Gasteiger partial charge is 0.495 e. The highest BCUT2D eigenvalue weighted by Crippen LogP contribution is 2.40. The average Bonchev–Trinajstić information content (AvgIpc) is 2.82. The maximum Gasteiger partial charge on any atom is 0.264 e. The highest BCUT2D eigenvalue weighted by atomic mass is 35.5. The Balaban J connectivity index is 1.67. The number of hydrogen-bond acceptors (Lipinski definition) is 5. The topological polar surface area (TPSA) is 84.9 Å². The Bertz CT molecular complexity index is 1380. The standard InChI is InChI=1S/C27H29ClN2O5S/c1-18-10-12-21-23(16-27(2,3)35-25(21)14-18)29-26(31)17-30(19-11-13-24(34-4)22(28)15-19)36(32,33)20-8-6-5-7-9-20/h5-15,23H,16-17H2,1-4H3,(H,29,31). The normalized spacial score (nSPS) is 16.4. The number of ether oxygens (including phenoxy) is 2. The first-order valence-corrected chi connectivity index (χ1v) is 13.3. The van der Waals surface area contributed by atoms with Crippen LogP contribution < -0.4 is 19.1 Å². The van der Waals surface area contributed by atoms with Crippen molar-refractivity contribution in [3.05, 3.63) is 82.9 Å². The van der Waals surface area contributed by atoms with Crippen LogP contribution in [-0.2, 0) is 14.8 Å². The molecule has 1 amide bonds. The van der Waals surface area contributed by atoms with E-state index in [0.29, 0.717) is 17.9 Å². The summed E-state index contributed by atoms with van der Waals surface area (Å²) in [5, 5.41) is 3.26. The molecule has 0 bridgehead atoms. The zero-order chi connectivity index (χ0) is 26.1. The number of nitrogens with zero attached hydrogens (tertiary/aromatic N) is 1. The Morgan fingerprint density at radius 3 is 2.53 bits per heavy atom. The summed E-state index contributed by atoms with van der Waals surface area (Å²) in [6.45, 7) is 5.47. The van der Waals surface area contributed by atoms with E-state index >= 15 is 0 Å². The third-order valence-corrected chi connectivity index (χ3v) is 8.09. The lowest BCUT2D eigenvalue weighted by molar-refractivity contribution is -0.120. The van der Waals surface area contributed by atoms with Gasteiger partial charge in [-0.15, -0.1) is 0 Å². The van der Waals surface area contributed by atoms with E-state index in [0.717, 1.165) is 15.4 Å². The second-order valence-corrected chi connectivity index (χ2v) is 11.6. The second-order valence-electron chi connectivity index (χ2n) is 9.37. The number of halogens is 1. The van der Waals surface area contributed by atoms with Gasteiger partial charge in [-0.25, -0.2) is 8.42 Å². The molecule has 0 saturated heterocycles. The number of carbonyl (C=O) groups excluding carboxylic acids is 1. The predicted octanol–water partition coefficient (Wildman–Crippen LogP) is 5.27. The van der Waals surface area contributed by atoms with Crippen LogP contribution in [0.3, 0.4) is 0 Å². The monoisotopic (exact) mass is 528 g/mol. The summed E-state index contributed by atoms with van der Waals surface area (Å²) in [4.78, 5) is 13.4. The number of methoxy groups -OCH3 is 1. The minimum atomic E-state index is -4.07. The molecule has 0 aliphatic carbocycles. The summed E-state index contributed by atoms with van der Waals surface area (Å²) >= 11 is 6.30. The molecule has 3 aromatic carbocycles. The molecule has 1 heterocycles. The van der Waals surface area contributed by atoms with E-state index in [1.165, 1.54) is 25.3 Å². The molecule has 1 atom stereocenters. The molecular weight excluding hydrogens is 500 g/mol. The lowest BCUT2D eigenvalue weighted by Crippen LogP contribution is -2.45. The van der Waals surface area contributed by atoms with Crippen LogP contribution in [0.25, 0.3) is 0 Å². The third-order valence-electron chi connectivity index (χ3n) is 6.00. The van der Waals surface area contributed by atoms with Crippen LogP contribution in [-0.4, -0.2) is 33.6 Å². The first kappa shape index (κ1) is 25.9. The third kappa shape index (κ3) is 5.44. The molecule has 0 spiro atoms. The number of carbonyl (C=O) groups is 1. The highest BCUT2D eigenvalue weighted by molar-refractivity contribution is 7.92. The number of amides is 1. The van der Waals surface area contributed by atoms with Gasteiger partial charge in [-0.05, 0) is 62.7 Å². The fourth-order valence-electron chi connectivity index (χ4n) is 4.30. The van der Waals surface area contributed by atoms with Gasteiger partial charge in [-0.2, -0.15) is 0 Å². The van der Waals surface area contributed by atoms with Crippen molar-refractivity contribution in [1.29, 1.82) is 0 Å². The Labute approximate surface area is 217 Å². The van der Waals surface area contributed by atoms with Crippen molar-refractivity contribution in [2.75, 3.05) is 18.0 Å². The molecule has 0 saturated carbocycles. The smallest absolute Gasteiger partial charge is 0.264 e. The average molecular weight is 529 g/mol. The van der Waals surface area contributed by atoms with Gasteiger partial charge in [-0.3, -0.25) is 9.10 Å². The van der Waals surface area contributed by atoms with Crippen LogP contribution in [0, 0.1) is 6.92 Å². The quantitative estimate of drug-likeness (QED) is 0.451. The van der Waals surface area contributed by atoms with Crippen molar-refractivity contribution in [2.45, 2.75) is 43.7 Å². The van der Waals surface area contributed by atoms with Crippen molar-refractivity contribution >= 4 is 33.2 Å². The summed E-state index contributed by atoms with van der Waals surface area (Å²) in [7, 11) is -2.59. The van der Waals surface area contributed by atoms with Crippen molar-refractivity contribution in [2.24, 2.45) is 0 Å². The summed E-state index contributed by atoms with van der Waals surface area (Å²) in [5.74, 6) is 0.668. The van der Waals surface area contributed by atoms with E-state index < -0.39 is 28.1 Å². The number of anilines is 1. The molecule has 1 unspecified atom stereocenters. The van der Waals surface area contributed by atoms with E-state index in [1.807, 2.05) is 39.0 Å². The lowest BCUT2D eigenvalue weighted by atomic mass is 9.89. The van der Waals surface area contributed by atoms with Gasteiger partial charge in [0.2, 0.25) is 5.91 Å². The van der Waals surface area contributed by atoms with E-state index in [2.05, 4.69) is 5.32 Å². The maximum absolute atomic E-state index is 13.6. The molecule has 0 aromatic heterocycles. The molecule has 4 rings (SSSR count). The summed E-state index contributed by atoms with van der Waals surface area (Å²) in [5.41, 5.74) is 1.66. The number of sulfonamides is 1. The van der Waals surface area contributed by atoms with Gasteiger partial charge in [0.05, 0.1) is 28.8 Å². The second kappa shape index (κ2) is 10.0. The Morgan fingerprint density at radius 2 is 1.86 bits per heavy atom. The first-order valence-electron chi connectivity index (χ1n) is 11.5. The van der Waals surface area contributed by atoms with Crippen LogP contribution in [0.15, 0.2) is 71.6 Å². The molecule has 1 aliphatic rings. The Hall–Kier alpha value is -3.23. The first-order chi connectivity index (χ1) is 17.0. The van der Waals surface area contributed by atoms with Gasteiger partial charge in [0.25, 0.3) is 10.0 Å². The highest BCUT2D eigenvalue weighted by Gasteiger charge is 2.35. The molecule has 36 heavy (non-hydrogen) atoms. The van der Waals surface area contributed by atoms with Gasteiger partial charge >= 0.3 is 0 Å². The van der Waals surface area contributed by atoms with Crippen molar-refractivity contribution in [3.8, 4) is 11.5 Å². The van der Waals surface area contributed by atoms with Gasteiger partial charge in [0, 0.05) is 12.0 Å². The number of nitrogens with one attached hydrogen (secondary N) is 1. The fraction of sp³-hybridized carbons (Fsp3) is 0.296. The molecule has 0 fully saturated rings. The van der Waals surface area contributed by atoms with E-state index in [1.54, 1.807) is 30.3 Å². The van der Waals surface area contributed by atoms with Gasteiger partial charge in [0.15, 0.2) is 0 Å². The minimum absolute atomic E-state index is 0.0674. The fourth-order valence-corrected chi connectivity index (χ4v) is 5.99. The molecule has 190 valence electrons. The zero-order valence-corrected chi connectivity index (χ0v) is 22.2. The number of hydrogen-bond donors (Lipinski definition) is 1. The molecule has 3 aromatic rings. The zero-order valence-electron chi connectivity index (χ0n) is 20.6. The van der Waals surface area contributed by atoms with Crippen LogP contribution in [0.1, 0.15) is 37.4 Å². The number of aryl methyl sites for hydroxylation is 1. The molecule has 9 heteroatoms. The van der Waals surface area contributed by atoms with Crippen molar-refractivity contribution < 1.29 is 22.7 Å². The molecule has 0 radical (unpaired) electrons. The maximum atomic E-state index is 13.6. The number of fused-ring (bicyclic) bond motifs is 1. The van der Waals surface area contributed by atoms with E-state index in [9.17, 15) is 13.2 Å². The van der Waals surface area contributed by atoms with Crippen LogP contribution in [0.5, 0.6) is 11.5 Å². The van der Waals surface area contributed by atoms with Crippen molar-refractivity contribution in [1.82, 2.24) is 5.32 Å². The summed E-state index contributed by atoms with van der Waals surface area (Å²) in [6, 6.07) is 18.1. The van der Waals surface area contributed by atoms with Crippen molar-refractivity contribution in [3.63, 3.8) is 0 Å². The predicted molar refractivity (Wildman–Crippen MR) is 140 cm³/mol. The molecule has 7 nitrogen and oxygen atoms in total. The SMILES string of the molecule is COc1ccc(N(CC(=O)NC2CC(C)(C)Oc3cc(C)ccc32)S(=O)(=O)c2ccccc2)cc1Cl. The summed E-state index contributed by atoms with van der Waals surface area (Å²) < 4.78 is 39.6. The Morgan fingerprint density at radius 1 is 1.14 bits per heavy atom. The number of rotatable bonds is 7. The van der Waals surface area contributed by atoms with Crippen LogP contribution in [0.4, 0.5) is 5.69 Å². The Kier molecular flexibility index (Phi) is 7.20. The van der Waals surface area contributed by atoms with Gasteiger partial charge < -0.3 is 14.8 Å². The van der Waals surface area contributed by atoms with Gasteiger partial charge in [0.1, 0.15) is 23.6 Å². The van der Waals surface area contributed by atoms with E-state index in [4.69, 9.17) is 21.1 Å². The molecule has 1 N–H and O–H groups in total. The lowest BCUT2D eigenvalue weighted by Gasteiger charge is -2.38. The number of benzene rings is 3. The minimum Gasteiger partial charge on any atom is -0.495 e.